The fourth-order valence-electron chi connectivity index (χ4n) is 2.91. The van der Waals surface area contributed by atoms with Gasteiger partial charge < -0.3 is 30.8 Å². The number of amides is 4. The standard InChI is InChI=1S/C16H28N4O5/c1-20(2)15(23)17-9-12(10-21)18-14(22)13(19-16(24)25)8-11-6-4-3-5-7-11/h10-13,19H,3-9H2,1-2H3,(H,17,23)(H,18,22)(H,24,25). The average molecular weight is 356 g/mol. The predicted molar refractivity (Wildman–Crippen MR) is 91.2 cm³/mol. The van der Waals surface area contributed by atoms with Crippen LogP contribution in [-0.2, 0) is 9.59 Å². The minimum Gasteiger partial charge on any atom is -0.465 e. The number of aldehydes is 1. The number of hydrogen-bond donors (Lipinski definition) is 4. The van der Waals surface area contributed by atoms with Gasteiger partial charge in [0.2, 0.25) is 5.91 Å². The number of hydrogen-bond acceptors (Lipinski definition) is 4. The maximum absolute atomic E-state index is 12.4. The van der Waals surface area contributed by atoms with Gasteiger partial charge in [-0.1, -0.05) is 32.1 Å². The Morgan fingerprint density at radius 1 is 1.16 bits per heavy atom. The summed E-state index contributed by atoms with van der Waals surface area (Å²) in [6.45, 7) is -0.0600. The number of nitrogens with one attached hydrogen (secondary N) is 3. The van der Waals surface area contributed by atoms with E-state index in [1.165, 1.54) is 11.3 Å². The zero-order chi connectivity index (χ0) is 18.8. The Labute approximate surface area is 147 Å². The van der Waals surface area contributed by atoms with Crippen LogP contribution in [0.5, 0.6) is 0 Å². The van der Waals surface area contributed by atoms with Crippen LogP contribution in [0.15, 0.2) is 0 Å². The third kappa shape index (κ3) is 7.86. The van der Waals surface area contributed by atoms with Gasteiger partial charge in [-0.15, -0.1) is 0 Å². The molecule has 0 aliphatic heterocycles. The van der Waals surface area contributed by atoms with Crippen molar-refractivity contribution in [1.82, 2.24) is 20.9 Å². The minimum absolute atomic E-state index is 0.0600. The molecule has 0 bridgehead atoms. The Morgan fingerprint density at radius 2 is 1.80 bits per heavy atom. The molecule has 2 atom stereocenters. The fourth-order valence-corrected chi connectivity index (χ4v) is 2.91. The second-order valence-corrected chi connectivity index (χ2v) is 6.57. The highest BCUT2D eigenvalue weighted by Gasteiger charge is 2.27. The predicted octanol–water partition coefficient (Wildman–Crippen LogP) is 0.548. The van der Waals surface area contributed by atoms with Crippen molar-refractivity contribution in [3.05, 3.63) is 0 Å². The van der Waals surface area contributed by atoms with Gasteiger partial charge in [0.05, 0.1) is 0 Å². The summed E-state index contributed by atoms with van der Waals surface area (Å²) < 4.78 is 0. The molecule has 0 saturated heterocycles. The summed E-state index contributed by atoms with van der Waals surface area (Å²) in [5.74, 6) is -0.261. The zero-order valence-electron chi connectivity index (χ0n) is 14.8. The molecule has 142 valence electrons. The number of carboxylic acid groups (broad SMARTS) is 1. The Kier molecular flexibility index (Phi) is 8.73. The van der Waals surface area contributed by atoms with Crippen molar-refractivity contribution in [3.8, 4) is 0 Å². The third-order valence-corrected chi connectivity index (χ3v) is 4.28. The van der Waals surface area contributed by atoms with Crippen LogP contribution >= 0.6 is 0 Å². The maximum atomic E-state index is 12.4. The lowest BCUT2D eigenvalue weighted by molar-refractivity contribution is -0.126. The maximum Gasteiger partial charge on any atom is 0.405 e. The van der Waals surface area contributed by atoms with E-state index in [9.17, 15) is 19.2 Å². The van der Waals surface area contributed by atoms with Crippen LogP contribution < -0.4 is 16.0 Å². The smallest absolute Gasteiger partial charge is 0.405 e. The molecular formula is C16H28N4O5. The molecule has 0 aromatic carbocycles. The Hall–Kier alpha value is -2.32. The molecule has 0 spiro atoms. The number of rotatable bonds is 8. The molecule has 0 radical (unpaired) electrons. The lowest BCUT2D eigenvalue weighted by Crippen LogP contribution is -2.53. The van der Waals surface area contributed by atoms with E-state index in [4.69, 9.17) is 5.11 Å². The zero-order valence-corrected chi connectivity index (χ0v) is 14.8. The highest BCUT2D eigenvalue weighted by Crippen LogP contribution is 2.27. The van der Waals surface area contributed by atoms with Gasteiger partial charge in [-0.3, -0.25) is 4.79 Å². The van der Waals surface area contributed by atoms with Crippen molar-refractivity contribution in [2.45, 2.75) is 50.6 Å². The highest BCUT2D eigenvalue weighted by atomic mass is 16.4. The molecule has 9 nitrogen and oxygen atoms in total. The first-order valence-electron chi connectivity index (χ1n) is 8.53. The largest absolute Gasteiger partial charge is 0.465 e. The molecule has 0 aromatic rings. The molecule has 1 aliphatic carbocycles. The molecule has 1 rings (SSSR count). The number of carbonyl (C=O) groups excluding carboxylic acids is 3. The van der Waals surface area contributed by atoms with Crippen LogP contribution in [0.2, 0.25) is 0 Å². The molecule has 0 heterocycles. The SMILES string of the molecule is CN(C)C(=O)NCC(C=O)NC(=O)C(CC1CCCCC1)NC(=O)O. The first kappa shape index (κ1) is 20.7. The number of nitrogens with zero attached hydrogens (tertiary/aromatic N) is 1. The summed E-state index contributed by atoms with van der Waals surface area (Å²) >= 11 is 0. The van der Waals surface area contributed by atoms with E-state index in [0.29, 0.717) is 18.6 Å². The van der Waals surface area contributed by atoms with Gasteiger partial charge >= 0.3 is 12.1 Å². The Morgan fingerprint density at radius 3 is 2.32 bits per heavy atom. The van der Waals surface area contributed by atoms with E-state index in [0.717, 1.165) is 25.7 Å². The lowest BCUT2D eigenvalue weighted by Gasteiger charge is -2.26. The lowest BCUT2D eigenvalue weighted by atomic mass is 9.84. The van der Waals surface area contributed by atoms with Gasteiger partial charge in [-0.05, 0) is 12.3 Å². The quantitative estimate of drug-likeness (QED) is 0.472. The molecule has 25 heavy (non-hydrogen) atoms. The second-order valence-electron chi connectivity index (χ2n) is 6.57. The van der Waals surface area contributed by atoms with Crippen LogP contribution in [0.1, 0.15) is 38.5 Å². The van der Waals surface area contributed by atoms with E-state index < -0.39 is 24.1 Å². The van der Waals surface area contributed by atoms with Crippen molar-refractivity contribution in [1.29, 1.82) is 0 Å². The van der Waals surface area contributed by atoms with Crippen LogP contribution in [0.25, 0.3) is 0 Å². The van der Waals surface area contributed by atoms with Crippen molar-refractivity contribution >= 4 is 24.3 Å². The summed E-state index contributed by atoms with van der Waals surface area (Å²) in [4.78, 5) is 47.3. The molecule has 9 heteroatoms. The average Bonchev–Trinajstić information content (AvgIpc) is 2.57. The second kappa shape index (κ2) is 10.5. The number of urea groups is 1. The van der Waals surface area contributed by atoms with Gasteiger partial charge in [-0.25, -0.2) is 9.59 Å². The van der Waals surface area contributed by atoms with Gasteiger partial charge in [0.25, 0.3) is 0 Å². The third-order valence-electron chi connectivity index (χ3n) is 4.28. The molecular weight excluding hydrogens is 328 g/mol. The minimum atomic E-state index is -1.28. The van der Waals surface area contributed by atoms with Crippen molar-refractivity contribution in [3.63, 3.8) is 0 Å². The van der Waals surface area contributed by atoms with Gasteiger partial charge in [0, 0.05) is 20.6 Å². The first-order valence-corrected chi connectivity index (χ1v) is 8.53. The van der Waals surface area contributed by atoms with E-state index >= 15 is 0 Å². The van der Waals surface area contributed by atoms with Crippen molar-refractivity contribution in [2.24, 2.45) is 5.92 Å². The topological polar surface area (TPSA) is 128 Å². The summed E-state index contributed by atoms with van der Waals surface area (Å²) in [6, 6.07) is -2.21. The van der Waals surface area contributed by atoms with Gasteiger partial charge in [-0.2, -0.15) is 0 Å². The van der Waals surface area contributed by atoms with Gasteiger partial charge in [0.15, 0.2) is 0 Å². The highest BCUT2D eigenvalue weighted by molar-refractivity contribution is 5.87. The Balaban J connectivity index is 2.59. The first-order chi connectivity index (χ1) is 11.8. The molecule has 4 amide bonds. The Bertz CT molecular complexity index is 477. The van der Waals surface area contributed by atoms with Crippen molar-refractivity contribution in [2.75, 3.05) is 20.6 Å². The summed E-state index contributed by atoms with van der Waals surface area (Å²) in [7, 11) is 3.11. The number of carbonyl (C=O) groups is 4. The summed E-state index contributed by atoms with van der Waals surface area (Å²) in [6.07, 6.45) is 4.93. The molecule has 4 N–H and O–H groups in total. The van der Waals surface area contributed by atoms with Crippen LogP contribution in [0, 0.1) is 5.92 Å². The van der Waals surface area contributed by atoms with Crippen LogP contribution in [0.3, 0.4) is 0 Å². The molecule has 1 fully saturated rings. The molecule has 2 unspecified atom stereocenters. The molecule has 1 saturated carbocycles. The van der Waals surface area contributed by atoms with E-state index in [2.05, 4.69) is 16.0 Å². The van der Waals surface area contributed by atoms with Crippen LogP contribution in [-0.4, -0.2) is 67.0 Å². The molecule has 1 aliphatic rings. The fraction of sp³-hybridized carbons (Fsp3) is 0.750. The monoisotopic (exact) mass is 356 g/mol. The summed E-state index contributed by atoms with van der Waals surface area (Å²) in [5.41, 5.74) is 0. The van der Waals surface area contributed by atoms with Crippen molar-refractivity contribution < 1.29 is 24.3 Å². The molecule has 0 aromatic heterocycles. The van der Waals surface area contributed by atoms with E-state index in [1.807, 2.05) is 0 Å². The normalized spacial score (nSPS) is 17.0. The van der Waals surface area contributed by atoms with Crippen LogP contribution in [0.4, 0.5) is 9.59 Å². The van der Waals surface area contributed by atoms with E-state index in [-0.39, 0.29) is 12.6 Å². The summed E-state index contributed by atoms with van der Waals surface area (Å²) in [5, 5.41) is 16.2. The van der Waals surface area contributed by atoms with Gasteiger partial charge in [0.1, 0.15) is 18.4 Å². The van der Waals surface area contributed by atoms with E-state index in [1.54, 1.807) is 14.1 Å².